The minimum Gasteiger partial charge on any atom is -0.105 e. The fourth-order valence-electron chi connectivity index (χ4n) is 1.11. The van der Waals surface area contributed by atoms with Crippen LogP contribution >= 0.6 is 23.2 Å². The zero-order chi connectivity index (χ0) is 8.81. The molecule has 0 aliphatic heterocycles. The SMILES string of the molecule is ClC(Cl)CCCc1ccccc1. The summed E-state index contributed by atoms with van der Waals surface area (Å²) in [5.41, 5.74) is 1.35. The minimum atomic E-state index is -0.214. The lowest BCUT2D eigenvalue weighted by Crippen LogP contribution is -1.90. The Morgan fingerprint density at radius 3 is 2.33 bits per heavy atom. The van der Waals surface area contributed by atoms with Crippen molar-refractivity contribution in [2.75, 3.05) is 0 Å². The second-order valence-corrected chi connectivity index (χ2v) is 4.05. The summed E-state index contributed by atoms with van der Waals surface area (Å²) in [6.45, 7) is 0. The topological polar surface area (TPSA) is 0 Å². The van der Waals surface area contributed by atoms with Gasteiger partial charge in [0.05, 0.1) is 0 Å². The van der Waals surface area contributed by atoms with Gasteiger partial charge in [-0.3, -0.25) is 0 Å². The lowest BCUT2D eigenvalue weighted by molar-refractivity contribution is 0.778. The molecule has 0 radical (unpaired) electrons. The molecule has 0 unspecified atom stereocenters. The average Bonchev–Trinajstić information content (AvgIpc) is 2.05. The highest BCUT2D eigenvalue weighted by Gasteiger charge is 1.98. The van der Waals surface area contributed by atoms with E-state index in [0.717, 1.165) is 19.3 Å². The van der Waals surface area contributed by atoms with Crippen LogP contribution in [0.25, 0.3) is 0 Å². The zero-order valence-corrected chi connectivity index (χ0v) is 8.35. The first-order chi connectivity index (χ1) is 5.79. The molecule has 1 aromatic rings. The highest BCUT2D eigenvalue weighted by atomic mass is 35.5. The molecule has 1 rings (SSSR count). The molecule has 0 bridgehead atoms. The average molecular weight is 203 g/mol. The lowest BCUT2D eigenvalue weighted by Gasteiger charge is -2.01. The number of benzene rings is 1. The van der Waals surface area contributed by atoms with E-state index < -0.39 is 0 Å². The molecule has 0 spiro atoms. The first-order valence-electron chi connectivity index (χ1n) is 4.11. The molecule has 1 aromatic carbocycles. The predicted octanol–water partition coefficient (Wildman–Crippen LogP) is 3.81. The Morgan fingerprint density at radius 1 is 1.08 bits per heavy atom. The van der Waals surface area contributed by atoms with Gasteiger partial charge in [0.1, 0.15) is 4.84 Å². The van der Waals surface area contributed by atoms with Crippen molar-refractivity contribution in [1.29, 1.82) is 0 Å². The second-order valence-electron chi connectivity index (χ2n) is 2.77. The maximum absolute atomic E-state index is 5.61. The molecule has 12 heavy (non-hydrogen) atoms. The van der Waals surface area contributed by atoms with E-state index >= 15 is 0 Å². The molecule has 0 fully saturated rings. The minimum absolute atomic E-state index is 0.214. The van der Waals surface area contributed by atoms with E-state index in [1.807, 2.05) is 18.2 Å². The van der Waals surface area contributed by atoms with Gasteiger partial charge in [-0.2, -0.15) is 0 Å². The maximum atomic E-state index is 5.61. The maximum Gasteiger partial charge on any atom is 0.107 e. The fourth-order valence-corrected chi connectivity index (χ4v) is 1.41. The van der Waals surface area contributed by atoms with E-state index in [2.05, 4.69) is 12.1 Å². The summed E-state index contributed by atoms with van der Waals surface area (Å²) in [6, 6.07) is 10.4. The van der Waals surface area contributed by atoms with Crippen LogP contribution in [-0.2, 0) is 6.42 Å². The molecule has 0 N–H and O–H groups in total. The number of alkyl halides is 2. The van der Waals surface area contributed by atoms with Crippen LogP contribution in [0, 0.1) is 0 Å². The number of hydrogen-bond donors (Lipinski definition) is 0. The standard InChI is InChI=1S/C10H12Cl2/c11-10(12)8-4-7-9-5-2-1-3-6-9/h1-3,5-6,10H,4,7-8H2. The van der Waals surface area contributed by atoms with Gasteiger partial charge in [0.15, 0.2) is 0 Å². The summed E-state index contributed by atoms with van der Waals surface area (Å²) in [4.78, 5) is -0.214. The van der Waals surface area contributed by atoms with Crippen LogP contribution in [0.1, 0.15) is 18.4 Å². The molecular formula is C10H12Cl2. The highest BCUT2D eigenvalue weighted by Crippen LogP contribution is 2.12. The number of hydrogen-bond acceptors (Lipinski definition) is 0. The van der Waals surface area contributed by atoms with Crippen molar-refractivity contribution < 1.29 is 0 Å². The lowest BCUT2D eigenvalue weighted by atomic mass is 10.1. The van der Waals surface area contributed by atoms with Gasteiger partial charge in [0, 0.05) is 0 Å². The third-order valence-corrected chi connectivity index (χ3v) is 2.17. The Morgan fingerprint density at radius 2 is 1.75 bits per heavy atom. The van der Waals surface area contributed by atoms with Crippen molar-refractivity contribution in [3.05, 3.63) is 35.9 Å². The van der Waals surface area contributed by atoms with Crippen LogP contribution in [0.4, 0.5) is 0 Å². The van der Waals surface area contributed by atoms with Crippen LogP contribution in [0.3, 0.4) is 0 Å². The van der Waals surface area contributed by atoms with Crippen LogP contribution in [-0.4, -0.2) is 4.84 Å². The van der Waals surface area contributed by atoms with E-state index in [-0.39, 0.29) is 4.84 Å². The van der Waals surface area contributed by atoms with Gasteiger partial charge < -0.3 is 0 Å². The first kappa shape index (κ1) is 9.88. The molecule has 2 heteroatoms. The summed E-state index contributed by atoms with van der Waals surface area (Å²) in [5.74, 6) is 0. The van der Waals surface area contributed by atoms with Crippen molar-refractivity contribution in [2.45, 2.75) is 24.1 Å². The molecule has 0 heterocycles. The van der Waals surface area contributed by atoms with Crippen molar-refractivity contribution in [3.8, 4) is 0 Å². The van der Waals surface area contributed by atoms with E-state index in [1.54, 1.807) is 0 Å². The normalized spacial score (nSPS) is 10.6. The molecule has 66 valence electrons. The smallest absolute Gasteiger partial charge is 0.105 e. The molecule has 0 saturated carbocycles. The van der Waals surface area contributed by atoms with Gasteiger partial charge in [-0.15, -0.1) is 23.2 Å². The third-order valence-electron chi connectivity index (χ3n) is 1.73. The Labute approximate surface area is 83.5 Å². The molecule has 0 saturated heterocycles. The van der Waals surface area contributed by atoms with E-state index in [4.69, 9.17) is 23.2 Å². The monoisotopic (exact) mass is 202 g/mol. The fraction of sp³-hybridized carbons (Fsp3) is 0.400. The predicted molar refractivity (Wildman–Crippen MR) is 54.9 cm³/mol. The molecule has 0 nitrogen and oxygen atoms in total. The van der Waals surface area contributed by atoms with E-state index in [1.165, 1.54) is 5.56 Å². The van der Waals surface area contributed by atoms with Crippen molar-refractivity contribution >= 4 is 23.2 Å². The Balaban J connectivity index is 2.25. The summed E-state index contributed by atoms with van der Waals surface area (Å²) in [5, 5.41) is 0. The van der Waals surface area contributed by atoms with Crippen LogP contribution in [0.5, 0.6) is 0 Å². The van der Waals surface area contributed by atoms with Crippen LogP contribution < -0.4 is 0 Å². The number of aryl methyl sites for hydroxylation is 1. The van der Waals surface area contributed by atoms with Gasteiger partial charge in [-0.25, -0.2) is 0 Å². The van der Waals surface area contributed by atoms with Gasteiger partial charge in [0.25, 0.3) is 0 Å². The van der Waals surface area contributed by atoms with Crippen molar-refractivity contribution in [3.63, 3.8) is 0 Å². The van der Waals surface area contributed by atoms with E-state index in [9.17, 15) is 0 Å². The Kier molecular flexibility index (Phi) is 4.49. The van der Waals surface area contributed by atoms with Gasteiger partial charge >= 0.3 is 0 Å². The summed E-state index contributed by atoms with van der Waals surface area (Å²) >= 11 is 11.2. The van der Waals surface area contributed by atoms with Gasteiger partial charge in [0.2, 0.25) is 0 Å². The van der Waals surface area contributed by atoms with Crippen molar-refractivity contribution in [2.24, 2.45) is 0 Å². The summed E-state index contributed by atoms with van der Waals surface area (Å²) in [7, 11) is 0. The summed E-state index contributed by atoms with van der Waals surface area (Å²) in [6.07, 6.45) is 3.00. The molecule has 0 atom stereocenters. The van der Waals surface area contributed by atoms with Crippen LogP contribution in [0.2, 0.25) is 0 Å². The molecule has 0 amide bonds. The zero-order valence-electron chi connectivity index (χ0n) is 6.84. The van der Waals surface area contributed by atoms with Crippen LogP contribution in [0.15, 0.2) is 30.3 Å². The number of halogens is 2. The third kappa shape index (κ3) is 3.99. The first-order valence-corrected chi connectivity index (χ1v) is 4.98. The van der Waals surface area contributed by atoms with Gasteiger partial charge in [-0.1, -0.05) is 30.3 Å². The second kappa shape index (κ2) is 5.45. The molecule has 0 aromatic heterocycles. The van der Waals surface area contributed by atoms with E-state index in [0.29, 0.717) is 0 Å². The molecule has 0 aliphatic rings. The van der Waals surface area contributed by atoms with Gasteiger partial charge in [-0.05, 0) is 24.8 Å². The Bertz CT molecular complexity index is 206. The highest BCUT2D eigenvalue weighted by molar-refractivity contribution is 6.44. The summed E-state index contributed by atoms with van der Waals surface area (Å²) < 4.78 is 0. The molecular weight excluding hydrogens is 191 g/mol. The quantitative estimate of drug-likeness (QED) is 0.652. The van der Waals surface area contributed by atoms with Crippen molar-refractivity contribution in [1.82, 2.24) is 0 Å². The largest absolute Gasteiger partial charge is 0.107 e. The molecule has 0 aliphatic carbocycles. The Hall–Kier alpha value is -0.200. The number of rotatable bonds is 4.